The van der Waals surface area contributed by atoms with Gasteiger partial charge in [0.15, 0.2) is 6.23 Å². The van der Waals surface area contributed by atoms with Crippen molar-refractivity contribution in [3.05, 3.63) is 153 Å². The van der Waals surface area contributed by atoms with Crippen LogP contribution in [0.5, 0.6) is 0 Å². The average Bonchev–Trinajstić information content (AvgIpc) is 3.39. The Kier molecular flexibility index (Phi) is 14.2. The molecular weight excluding hydrogens is 690 g/mol. The van der Waals surface area contributed by atoms with Crippen LogP contribution in [0.4, 0.5) is 0 Å². The summed E-state index contributed by atoms with van der Waals surface area (Å²) in [6.07, 6.45) is -2.92. The Bertz CT molecular complexity index is 1730. The molecule has 12 nitrogen and oxygen atoms in total. The van der Waals surface area contributed by atoms with Crippen molar-refractivity contribution in [2.45, 2.75) is 24.5 Å². The number of aliphatic hydroxyl groups excluding tert-OH is 3. The van der Waals surface area contributed by atoms with Crippen LogP contribution >= 0.6 is 15.9 Å². The lowest BCUT2D eigenvalue weighted by Gasteiger charge is -2.18. The van der Waals surface area contributed by atoms with Gasteiger partial charge in [0.1, 0.15) is 18.3 Å². The molecule has 0 saturated carbocycles. The largest absolute Gasteiger partial charge is 0.478 e. The number of rotatable bonds is 5. The van der Waals surface area contributed by atoms with Crippen molar-refractivity contribution in [3.63, 3.8) is 0 Å². The first kappa shape index (κ1) is 37.3. The van der Waals surface area contributed by atoms with E-state index in [1.807, 2.05) is 12.1 Å². The third-order valence-corrected chi connectivity index (χ3v) is 7.24. The van der Waals surface area contributed by atoms with Gasteiger partial charge in [0.2, 0.25) is 0 Å². The molecule has 0 radical (unpaired) electrons. The first-order valence-corrected chi connectivity index (χ1v) is 15.0. The topological polar surface area (TPSA) is 204 Å². The zero-order valence-electron chi connectivity index (χ0n) is 25.1. The number of hydrogen-bond donors (Lipinski definition) is 6. The molecule has 2 heterocycles. The highest BCUT2D eigenvalue weighted by molar-refractivity contribution is 9.10. The number of fused-ring (bicyclic) bond motifs is 1. The molecular formula is C35H32BrNO11. The number of aliphatic hydroxyl groups is 3. The highest BCUT2D eigenvalue weighted by Gasteiger charge is 2.43. The van der Waals surface area contributed by atoms with Crippen LogP contribution in [0.1, 0.15) is 37.3 Å². The van der Waals surface area contributed by atoms with Crippen molar-refractivity contribution < 1.29 is 49.8 Å². The highest BCUT2D eigenvalue weighted by atomic mass is 79.9. The molecule has 1 fully saturated rings. The molecule has 48 heavy (non-hydrogen) atoms. The second kappa shape index (κ2) is 18.2. The second-order valence-electron chi connectivity index (χ2n) is 10.0. The van der Waals surface area contributed by atoms with Gasteiger partial charge in [-0.3, -0.25) is 9.36 Å². The Balaban J connectivity index is 0.000000193. The molecule has 1 aliphatic rings. The number of carboxylic acid groups (broad SMARTS) is 3. The van der Waals surface area contributed by atoms with Gasteiger partial charge in [-0.05, 0) is 60.0 Å². The van der Waals surface area contributed by atoms with Crippen LogP contribution in [0, 0.1) is 0 Å². The lowest BCUT2D eigenvalue weighted by Crippen LogP contribution is -2.35. The molecule has 250 valence electrons. The van der Waals surface area contributed by atoms with Crippen LogP contribution < -0.4 is 5.56 Å². The predicted octanol–water partition coefficient (Wildman–Crippen LogP) is 4.53. The molecule has 1 aromatic heterocycles. The molecule has 1 aliphatic heterocycles. The first-order chi connectivity index (χ1) is 22.9. The van der Waals surface area contributed by atoms with E-state index in [-0.39, 0.29) is 5.56 Å². The van der Waals surface area contributed by atoms with E-state index in [1.54, 1.807) is 103 Å². The number of pyridine rings is 1. The smallest absolute Gasteiger partial charge is 0.335 e. The van der Waals surface area contributed by atoms with Crippen molar-refractivity contribution in [3.8, 4) is 0 Å². The number of halogens is 1. The molecule has 13 heteroatoms. The first-order valence-electron chi connectivity index (χ1n) is 14.2. The van der Waals surface area contributed by atoms with Gasteiger partial charge in [-0.25, -0.2) is 14.4 Å². The van der Waals surface area contributed by atoms with E-state index in [9.17, 15) is 29.4 Å². The summed E-state index contributed by atoms with van der Waals surface area (Å²) in [6, 6.07) is 32.0. The maximum atomic E-state index is 12.5. The number of carbonyl (C=O) groups is 3. The van der Waals surface area contributed by atoms with Gasteiger partial charge in [-0.2, -0.15) is 0 Å². The fourth-order valence-corrected chi connectivity index (χ4v) is 4.64. The predicted molar refractivity (Wildman–Crippen MR) is 179 cm³/mol. The van der Waals surface area contributed by atoms with E-state index >= 15 is 0 Å². The van der Waals surface area contributed by atoms with Crippen LogP contribution in [0.2, 0.25) is 0 Å². The quantitative estimate of drug-likeness (QED) is 0.149. The Labute approximate surface area is 282 Å². The molecule has 0 amide bonds. The summed E-state index contributed by atoms with van der Waals surface area (Å²) in [7, 11) is 0. The summed E-state index contributed by atoms with van der Waals surface area (Å²) in [5.41, 5.74) is 0.663. The number of nitrogens with zero attached hydrogens (tertiary/aromatic N) is 1. The SMILES string of the molecule is O=C(O)c1ccccc1.O=C(O)c1ccccc1.O=C(O)c1ccccc1.O=c1c2cc(Br)ccc2ccn1[C@@H]1O[C@H](CO)[C@@H](O)[C@H]1O. The molecule has 4 atom stereocenters. The van der Waals surface area contributed by atoms with Crippen molar-refractivity contribution in [1.82, 2.24) is 4.57 Å². The van der Waals surface area contributed by atoms with Gasteiger partial charge < -0.3 is 35.4 Å². The zero-order valence-corrected chi connectivity index (χ0v) is 26.7. The van der Waals surface area contributed by atoms with E-state index < -0.39 is 49.1 Å². The minimum Gasteiger partial charge on any atom is -0.478 e. The van der Waals surface area contributed by atoms with Crippen molar-refractivity contribution >= 4 is 44.6 Å². The number of aromatic carboxylic acids is 3. The van der Waals surface area contributed by atoms with E-state index in [4.69, 9.17) is 25.2 Å². The molecule has 5 aromatic rings. The number of benzene rings is 4. The van der Waals surface area contributed by atoms with E-state index in [0.29, 0.717) is 22.1 Å². The van der Waals surface area contributed by atoms with Crippen LogP contribution in [0.15, 0.2) is 131 Å². The van der Waals surface area contributed by atoms with E-state index in [2.05, 4.69) is 15.9 Å². The van der Waals surface area contributed by atoms with E-state index in [0.717, 1.165) is 9.86 Å². The standard InChI is InChI=1S/C14H14BrNO5.3C7H6O2/c15-8-2-1-7-3-4-16(13(20)9(7)5-8)14-12(19)11(18)10(6-17)21-14;3*8-7(9)6-4-2-1-3-5-6/h1-5,10-12,14,17-19H,6H2;3*1-5H,(H,8,9)/t10-,11-,12-,14-;;;/m1.../s1. The lowest BCUT2D eigenvalue weighted by molar-refractivity contribution is -0.0541. The maximum absolute atomic E-state index is 12.5. The maximum Gasteiger partial charge on any atom is 0.335 e. The molecule has 6 N–H and O–H groups in total. The van der Waals surface area contributed by atoms with Gasteiger partial charge in [0.25, 0.3) is 5.56 Å². The minimum absolute atomic E-state index is 0.330. The van der Waals surface area contributed by atoms with Crippen molar-refractivity contribution in [1.29, 1.82) is 0 Å². The molecule has 4 aromatic carbocycles. The van der Waals surface area contributed by atoms with Gasteiger partial charge >= 0.3 is 17.9 Å². The molecule has 0 bridgehead atoms. The van der Waals surface area contributed by atoms with Crippen molar-refractivity contribution in [2.24, 2.45) is 0 Å². The Hall–Kier alpha value is -5.18. The Morgan fingerprint density at radius 1 is 0.667 bits per heavy atom. The van der Waals surface area contributed by atoms with Crippen LogP contribution in [0.3, 0.4) is 0 Å². The van der Waals surface area contributed by atoms with Gasteiger partial charge in [-0.15, -0.1) is 0 Å². The minimum atomic E-state index is -1.27. The van der Waals surface area contributed by atoms with Crippen molar-refractivity contribution in [2.75, 3.05) is 6.61 Å². The zero-order chi connectivity index (χ0) is 35.2. The fraction of sp³-hybridized carbons (Fsp3) is 0.143. The molecule has 0 unspecified atom stereocenters. The summed E-state index contributed by atoms with van der Waals surface area (Å²) in [6.45, 7) is -0.428. The highest BCUT2D eigenvalue weighted by Crippen LogP contribution is 2.29. The molecule has 1 saturated heterocycles. The second-order valence-corrected chi connectivity index (χ2v) is 10.9. The van der Waals surface area contributed by atoms with Crippen LogP contribution in [-0.2, 0) is 4.74 Å². The van der Waals surface area contributed by atoms with Gasteiger partial charge in [-0.1, -0.05) is 76.6 Å². The lowest BCUT2D eigenvalue weighted by atomic mass is 10.1. The average molecular weight is 723 g/mol. The number of carboxylic acids is 3. The number of ether oxygens (including phenoxy) is 1. The molecule has 0 spiro atoms. The summed E-state index contributed by atoms with van der Waals surface area (Å²) in [5, 5.41) is 55.3. The van der Waals surface area contributed by atoms with Crippen LogP contribution in [-0.4, -0.2) is 78.0 Å². The Morgan fingerprint density at radius 2 is 1.10 bits per heavy atom. The molecule has 0 aliphatic carbocycles. The summed E-state index contributed by atoms with van der Waals surface area (Å²) < 4.78 is 7.39. The summed E-state index contributed by atoms with van der Waals surface area (Å²) >= 11 is 3.31. The third-order valence-electron chi connectivity index (χ3n) is 6.75. The summed E-state index contributed by atoms with van der Waals surface area (Å²) in [5.74, 6) is -2.64. The van der Waals surface area contributed by atoms with Crippen LogP contribution in [0.25, 0.3) is 10.8 Å². The van der Waals surface area contributed by atoms with Gasteiger partial charge in [0.05, 0.1) is 23.3 Å². The van der Waals surface area contributed by atoms with Gasteiger partial charge in [0, 0.05) is 16.1 Å². The fourth-order valence-electron chi connectivity index (χ4n) is 4.28. The third kappa shape index (κ3) is 10.4. The molecule has 6 rings (SSSR count). The number of hydrogen-bond acceptors (Lipinski definition) is 8. The van der Waals surface area contributed by atoms with E-state index in [1.165, 1.54) is 10.8 Å². The number of aromatic nitrogens is 1. The normalized spacial score (nSPS) is 17.8. The summed E-state index contributed by atoms with van der Waals surface area (Å²) in [4.78, 5) is 43.1. The monoisotopic (exact) mass is 721 g/mol. The Morgan fingerprint density at radius 3 is 1.46 bits per heavy atom.